The zero-order valence-electron chi connectivity index (χ0n) is 9.85. The van der Waals surface area contributed by atoms with Crippen molar-refractivity contribution in [2.24, 2.45) is 0 Å². The lowest BCUT2D eigenvalue weighted by Crippen LogP contribution is -2.03. The summed E-state index contributed by atoms with van der Waals surface area (Å²) in [7, 11) is 1.41. The number of nitrogen functional groups attached to an aromatic ring is 1. The van der Waals surface area contributed by atoms with Gasteiger partial charge in [0.1, 0.15) is 0 Å². The molecule has 0 saturated carbocycles. The Morgan fingerprint density at radius 2 is 2.24 bits per heavy atom. The lowest BCUT2D eigenvalue weighted by atomic mass is 10.2. The van der Waals surface area contributed by atoms with Gasteiger partial charge in [0.15, 0.2) is 0 Å². The molecule has 0 amide bonds. The SMILES string of the molecule is COC(=O)CCCn1ccc2ccc(N)cc21. The smallest absolute Gasteiger partial charge is 0.305 e. The monoisotopic (exact) mass is 232 g/mol. The second-order valence-electron chi connectivity index (χ2n) is 4.01. The van der Waals surface area contributed by atoms with Crippen LogP contribution in [0.25, 0.3) is 10.9 Å². The topological polar surface area (TPSA) is 57.2 Å². The number of aryl methyl sites for hydroxylation is 1. The van der Waals surface area contributed by atoms with Gasteiger partial charge in [-0.05, 0) is 30.0 Å². The largest absolute Gasteiger partial charge is 0.469 e. The summed E-state index contributed by atoms with van der Waals surface area (Å²) >= 11 is 0. The molecule has 0 aliphatic rings. The minimum Gasteiger partial charge on any atom is -0.469 e. The first-order valence-corrected chi connectivity index (χ1v) is 5.62. The number of ether oxygens (including phenoxy) is 1. The van der Waals surface area contributed by atoms with Gasteiger partial charge in [-0.3, -0.25) is 4.79 Å². The highest BCUT2D eigenvalue weighted by atomic mass is 16.5. The van der Waals surface area contributed by atoms with E-state index < -0.39 is 0 Å². The highest BCUT2D eigenvalue weighted by Gasteiger charge is 2.03. The maximum atomic E-state index is 11.0. The van der Waals surface area contributed by atoms with Crippen molar-refractivity contribution in [1.29, 1.82) is 0 Å². The molecule has 0 radical (unpaired) electrons. The summed E-state index contributed by atoms with van der Waals surface area (Å²) < 4.78 is 6.71. The van der Waals surface area contributed by atoms with Gasteiger partial charge in [0.05, 0.1) is 12.6 Å². The maximum Gasteiger partial charge on any atom is 0.305 e. The summed E-state index contributed by atoms with van der Waals surface area (Å²) in [6, 6.07) is 7.89. The molecule has 0 aliphatic carbocycles. The van der Waals surface area contributed by atoms with E-state index in [0.717, 1.165) is 29.6 Å². The van der Waals surface area contributed by atoms with E-state index in [9.17, 15) is 4.79 Å². The fourth-order valence-corrected chi connectivity index (χ4v) is 1.89. The number of methoxy groups -OCH3 is 1. The number of carbonyl (C=O) groups is 1. The minimum atomic E-state index is -0.166. The molecule has 17 heavy (non-hydrogen) atoms. The Labute approximate surface area is 100.0 Å². The van der Waals surface area contributed by atoms with E-state index in [0.29, 0.717) is 6.42 Å². The van der Waals surface area contributed by atoms with E-state index in [1.807, 2.05) is 30.5 Å². The van der Waals surface area contributed by atoms with E-state index >= 15 is 0 Å². The molecule has 0 atom stereocenters. The third-order valence-corrected chi connectivity index (χ3v) is 2.81. The van der Waals surface area contributed by atoms with E-state index in [4.69, 9.17) is 5.73 Å². The number of aromatic nitrogens is 1. The molecule has 1 aromatic heterocycles. The van der Waals surface area contributed by atoms with Gasteiger partial charge in [0.25, 0.3) is 0 Å². The number of hydrogen-bond donors (Lipinski definition) is 1. The molecule has 0 aliphatic heterocycles. The molecule has 1 aromatic carbocycles. The normalized spacial score (nSPS) is 10.6. The van der Waals surface area contributed by atoms with Crippen LogP contribution in [0.2, 0.25) is 0 Å². The van der Waals surface area contributed by atoms with Crippen molar-refractivity contribution in [2.45, 2.75) is 19.4 Å². The molecular weight excluding hydrogens is 216 g/mol. The van der Waals surface area contributed by atoms with E-state index in [1.54, 1.807) is 0 Å². The van der Waals surface area contributed by atoms with E-state index in [-0.39, 0.29) is 5.97 Å². The molecule has 0 fully saturated rings. The molecule has 4 nitrogen and oxygen atoms in total. The molecule has 0 saturated heterocycles. The Kier molecular flexibility index (Phi) is 3.32. The second-order valence-corrected chi connectivity index (χ2v) is 4.01. The summed E-state index contributed by atoms with van der Waals surface area (Å²) in [5, 5.41) is 1.16. The molecule has 2 aromatic rings. The van der Waals surface area contributed by atoms with Gasteiger partial charge in [0.2, 0.25) is 0 Å². The second kappa shape index (κ2) is 4.91. The summed E-state index contributed by atoms with van der Waals surface area (Å²) in [5.74, 6) is -0.166. The predicted molar refractivity (Wildman–Crippen MR) is 67.6 cm³/mol. The standard InChI is InChI=1S/C13H16N2O2/c1-17-13(16)3-2-7-15-8-6-10-4-5-11(14)9-12(10)15/h4-6,8-9H,2-3,7,14H2,1H3. The number of hydrogen-bond acceptors (Lipinski definition) is 3. The predicted octanol–water partition coefficient (Wildman–Crippen LogP) is 2.18. The van der Waals surface area contributed by atoms with Crippen LogP contribution in [0.15, 0.2) is 30.5 Å². The van der Waals surface area contributed by atoms with Crippen molar-refractivity contribution >= 4 is 22.6 Å². The Bertz CT molecular complexity index is 531. The highest BCUT2D eigenvalue weighted by Crippen LogP contribution is 2.19. The minimum absolute atomic E-state index is 0.166. The number of nitrogens with zero attached hydrogens (tertiary/aromatic N) is 1. The molecule has 0 unspecified atom stereocenters. The van der Waals surface area contributed by atoms with Crippen LogP contribution in [0.3, 0.4) is 0 Å². The number of esters is 1. The molecule has 0 spiro atoms. The third-order valence-electron chi connectivity index (χ3n) is 2.81. The van der Waals surface area contributed by atoms with Crippen molar-refractivity contribution in [3.8, 4) is 0 Å². The van der Waals surface area contributed by atoms with E-state index in [2.05, 4.69) is 9.30 Å². The number of carbonyl (C=O) groups excluding carboxylic acids is 1. The number of rotatable bonds is 4. The van der Waals surface area contributed by atoms with Crippen LogP contribution in [0.5, 0.6) is 0 Å². The molecule has 90 valence electrons. The Hall–Kier alpha value is -1.97. The van der Waals surface area contributed by atoms with Gasteiger partial charge >= 0.3 is 5.97 Å². The van der Waals surface area contributed by atoms with Crippen LogP contribution in [0, 0.1) is 0 Å². The lowest BCUT2D eigenvalue weighted by molar-refractivity contribution is -0.140. The van der Waals surface area contributed by atoms with Crippen LogP contribution in [0.1, 0.15) is 12.8 Å². The molecule has 0 bridgehead atoms. The van der Waals surface area contributed by atoms with Crippen LogP contribution in [0.4, 0.5) is 5.69 Å². The van der Waals surface area contributed by atoms with Crippen molar-refractivity contribution in [3.05, 3.63) is 30.5 Å². The number of benzene rings is 1. The average Bonchev–Trinajstić information content (AvgIpc) is 2.72. The average molecular weight is 232 g/mol. The number of nitrogens with two attached hydrogens (primary N) is 1. The van der Waals surface area contributed by atoms with Crippen molar-refractivity contribution < 1.29 is 9.53 Å². The van der Waals surface area contributed by atoms with Crippen molar-refractivity contribution in [2.75, 3.05) is 12.8 Å². The van der Waals surface area contributed by atoms with Crippen molar-refractivity contribution in [1.82, 2.24) is 4.57 Å². The number of anilines is 1. The first-order valence-electron chi connectivity index (χ1n) is 5.62. The van der Waals surface area contributed by atoms with E-state index in [1.165, 1.54) is 7.11 Å². The first-order chi connectivity index (χ1) is 8.20. The van der Waals surface area contributed by atoms with Gasteiger partial charge in [-0.15, -0.1) is 0 Å². The summed E-state index contributed by atoms with van der Waals surface area (Å²) in [6.45, 7) is 0.794. The summed E-state index contributed by atoms with van der Waals surface area (Å²) in [4.78, 5) is 11.0. The lowest BCUT2D eigenvalue weighted by Gasteiger charge is -2.05. The molecular formula is C13H16N2O2. The van der Waals surface area contributed by atoms with Gasteiger partial charge in [-0.25, -0.2) is 0 Å². The zero-order valence-corrected chi connectivity index (χ0v) is 9.85. The first kappa shape index (κ1) is 11.5. The zero-order chi connectivity index (χ0) is 12.3. The van der Waals surface area contributed by atoms with Crippen molar-refractivity contribution in [3.63, 3.8) is 0 Å². The molecule has 2 N–H and O–H groups in total. The molecule has 4 heteroatoms. The fraction of sp³-hybridized carbons (Fsp3) is 0.308. The Balaban J connectivity index is 2.08. The van der Waals surface area contributed by atoms with Gasteiger partial charge in [-0.1, -0.05) is 6.07 Å². The maximum absolute atomic E-state index is 11.0. The Morgan fingerprint density at radius 1 is 1.41 bits per heavy atom. The number of fused-ring (bicyclic) bond motifs is 1. The van der Waals surface area contributed by atoms with Crippen LogP contribution in [-0.2, 0) is 16.1 Å². The van der Waals surface area contributed by atoms with Gasteiger partial charge < -0.3 is 15.0 Å². The van der Waals surface area contributed by atoms with Gasteiger partial charge in [0, 0.05) is 24.8 Å². The van der Waals surface area contributed by atoms with Crippen LogP contribution < -0.4 is 5.73 Å². The van der Waals surface area contributed by atoms with Crippen LogP contribution >= 0.6 is 0 Å². The highest BCUT2D eigenvalue weighted by molar-refractivity contribution is 5.83. The summed E-state index contributed by atoms with van der Waals surface area (Å²) in [6.07, 6.45) is 3.23. The summed E-state index contributed by atoms with van der Waals surface area (Å²) in [5.41, 5.74) is 7.62. The molecule has 2 rings (SSSR count). The fourth-order valence-electron chi connectivity index (χ4n) is 1.89. The third kappa shape index (κ3) is 2.58. The van der Waals surface area contributed by atoms with Crippen LogP contribution in [-0.4, -0.2) is 17.6 Å². The van der Waals surface area contributed by atoms with Gasteiger partial charge in [-0.2, -0.15) is 0 Å². The Morgan fingerprint density at radius 3 is 3.00 bits per heavy atom. The molecule has 1 heterocycles. The quantitative estimate of drug-likeness (QED) is 0.649.